The van der Waals surface area contributed by atoms with Gasteiger partial charge in [0.2, 0.25) is 0 Å². The van der Waals surface area contributed by atoms with Crippen LogP contribution in [0.3, 0.4) is 0 Å². The normalized spacial score (nSPS) is 11.5. The predicted molar refractivity (Wildman–Crippen MR) is 131 cm³/mol. The molecule has 0 aliphatic carbocycles. The number of hydrogen-bond donors (Lipinski definition) is 0. The van der Waals surface area contributed by atoms with Gasteiger partial charge < -0.3 is 14.4 Å². The lowest BCUT2D eigenvalue weighted by molar-refractivity contribution is 0.0574. The van der Waals surface area contributed by atoms with Crippen LogP contribution in [-0.2, 0) is 4.74 Å². The molecule has 0 saturated carbocycles. The minimum absolute atomic E-state index is 0.0450. The number of amides is 2. The lowest BCUT2D eigenvalue weighted by atomic mass is 10.1. The highest BCUT2D eigenvalue weighted by Gasteiger charge is 2.24. The highest BCUT2D eigenvalue weighted by molar-refractivity contribution is 6.31. The van der Waals surface area contributed by atoms with Crippen molar-refractivity contribution in [1.82, 2.24) is 9.88 Å². The summed E-state index contributed by atoms with van der Waals surface area (Å²) < 4.78 is 11.4. The number of ether oxygens (including phenoxy) is 2. The van der Waals surface area contributed by atoms with Crippen LogP contribution in [0.15, 0.2) is 42.7 Å². The average Bonchev–Trinajstić information content (AvgIpc) is 2.69. The highest BCUT2D eigenvalue weighted by atomic mass is 35.5. The van der Waals surface area contributed by atoms with Crippen LogP contribution in [0.2, 0.25) is 5.02 Å². The molecule has 1 aromatic heterocycles. The van der Waals surface area contributed by atoms with Gasteiger partial charge in [0, 0.05) is 35.1 Å². The molecule has 0 atom stereocenters. The summed E-state index contributed by atoms with van der Waals surface area (Å²) in [7, 11) is 0. The molecule has 0 aliphatic heterocycles. The number of rotatable bonds is 8. The summed E-state index contributed by atoms with van der Waals surface area (Å²) in [6.07, 6.45) is 2.73. The second-order valence-electron chi connectivity index (χ2n) is 9.26. The van der Waals surface area contributed by atoms with Crippen LogP contribution in [0.5, 0.6) is 5.75 Å². The summed E-state index contributed by atoms with van der Waals surface area (Å²) in [6.45, 7) is 13.8. The third-order valence-corrected chi connectivity index (χ3v) is 4.86. The van der Waals surface area contributed by atoms with E-state index in [0.29, 0.717) is 22.0 Å². The molecule has 0 bridgehead atoms. The summed E-state index contributed by atoms with van der Waals surface area (Å²) in [6, 6.07) is 8.51. The van der Waals surface area contributed by atoms with E-state index in [1.54, 1.807) is 47.6 Å². The van der Waals surface area contributed by atoms with Crippen molar-refractivity contribution in [2.75, 3.05) is 18.1 Å². The van der Waals surface area contributed by atoms with Gasteiger partial charge in [0.05, 0.1) is 12.2 Å². The fourth-order valence-corrected chi connectivity index (χ4v) is 3.63. The topological polar surface area (TPSA) is 72.0 Å². The molecule has 0 unspecified atom stereocenters. The Hall–Kier alpha value is -2.80. The fraction of sp³-hybridized carbons (Fsp3) is 0.480. The molecule has 33 heavy (non-hydrogen) atoms. The Kier molecular flexibility index (Phi) is 9.11. The number of nitrogens with zero attached hydrogens (tertiary/aromatic N) is 3. The van der Waals surface area contributed by atoms with E-state index in [0.717, 1.165) is 0 Å². The van der Waals surface area contributed by atoms with Crippen molar-refractivity contribution in [3.63, 3.8) is 0 Å². The van der Waals surface area contributed by atoms with Crippen LogP contribution in [-0.4, -0.2) is 52.7 Å². The smallest absolute Gasteiger partial charge is 0.414 e. The molecule has 0 aliphatic rings. The second kappa shape index (κ2) is 11.4. The first-order valence-corrected chi connectivity index (χ1v) is 11.4. The molecule has 1 heterocycles. The summed E-state index contributed by atoms with van der Waals surface area (Å²) in [5, 5.41) is 0.404. The van der Waals surface area contributed by atoms with Gasteiger partial charge >= 0.3 is 6.09 Å². The number of aromatic nitrogens is 1. The number of anilines is 1. The third-order valence-electron chi connectivity index (χ3n) is 4.64. The van der Waals surface area contributed by atoms with Gasteiger partial charge in [-0.15, -0.1) is 0 Å². The first-order valence-electron chi connectivity index (χ1n) is 11.1. The molecule has 1 aromatic carbocycles. The van der Waals surface area contributed by atoms with Crippen molar-refractivity contribution in [2.45, 2.75) is 66.2 Å². The molecule has 2 aromatic rings. The van der Waals surface area contributed by atoms with Gasteiger partial charge in [-0.2, -0.15) is 0 Å². The van der Waals surface area contributed by atoms with Crippen LogP contribution in [0.25, 0.3) is 0 Å². The van der Waals surface area contributed by atoms with Crippen molar-refractivity contribution in [1.29, 1.82) is 0 Å². The van der Waals surface area contributed by atoms with Crippen molar-refractivity contribution in [3.8, 4) is 5.75 Å². The maximum Gasteiger partial charge on any atom is 0.414 e. The standard InChI is InChI=1S/C25H34ClN3O4/c1-17(2)29(18(3)4)23(30)19-14-20(26)16-22(15-19)32-13-12-28(21-8-10-27-11-9-21)24(31)33-25(5,6)7/h8-11,14-18H,12-13H2,1-7H3. The first-order chi connectivity index (χ1) is 15.4. The van der Waals surface area contributed by atoms with E-state index in [1.807, 2.05) is 48.5 Å². The molecule has 0 N–H and O–H groups in total. The fourth-order valence-electron chi connectivity index (χ4n) is 3.41. The van der Waals surface area contributed by atoms with E-state index < -0.39 is 11.7 Å². The van der Waals surface area contributed by atoms with Crippen molar-refractivity contribution in [2.24, 2.45) is 0 Å². The highest BCUT2D eigenvalue weighted by Crippen LogP contribution is 2.24. The summed E-state index contributed by atoms with van der Waals surface area (Å²) in [4.78, 5) is 33.1. The summed E-state index contributed by atoms with van der Waals surface area (Å²) in [5.74, 6) is 0.344. The van der Waals surface area contributed by atoms with E-state index in [4.69, 9.17) is 21.1 Å². The van der Waals surface area contributed by atoms with Gasteiger partial charge in [-0.25, -0.2) is 4.79 Å². The average molecular weight is 476 g/mol. The zero-order chi connectivity index (χ0) is 24.8. The molecule has 0 spiro atoms. The Morgan fingerprint density at radius 2 is 1.64 bits per heavy atom. The Labute approximate surface area is 201 Å². The van der Waals surface area contributed by atoms with E-state index in [9.17, 15) is 9.59 Å². The molecule has 0 fully saturated rings. The van der Waals surface area contributed by atoms with Crippen molar-refractivity contribution >= 4 is 29.3 Å². The lowest BCUT2D eigenvalue weighted by Gasteiger charge is -2.31. The number of halogens is 1. The summed E-state index contributed by atoms with van der Waals surface area (Å²) in [5.41, 5.74) is 0.469. The SMILES string of the molecule is CC(C)N(C(=O)c1cc(Cl)cc(OCCN(C(=O)OC(C)(C)C)c2ccncc2)c1)C(C)C. The van der Waals surface area contributed by atoms with Crippen LogP contribution in [0, 0.1) is 0 Å². The van der Waals surface area contributed by atoms with E-state index in [1.165, 1.54) is 4.90 Å². The molecule has 0 saturated heterocycles. The van der Waals surface area contributed by atoms with Crippen LogP contribution in [0.4, 0.5) is 10.5 Å². The zero-order valence-electron chi connectivity index (χ0n) is 20.5. The molecule has 8 heteroatoms. The van der Waals surface area contributed by atoms with Gasteiger partial charge in [0.1, 0.15) is 18.0 Å². The van der Waals surface area contributed by atoms with Gasteiger partial charge in [-0.3, -0.25) is 14.7 Å². The molecule has 180 valence electrons. The Bertz CT molecular complexity index is 934. The van der Waals surface area contributed by atoms with Gasteiger partial charge in [0.15, 0.2) is 0 Å². The van der Waals surface area contributed by atoms with Crippen LogP contribution < -0.4 is 9.64 Å². The molecule has 0 radical (unpaired) electrons. The number of carbonyl (C=O) groups is 2. The third kappa shape index (κ3) is 7.93. The Balaban J connectivity index is 2.17. The van der Waals surface area contributed by atoms with Gasteiger partial charge in [-0.1, -0.05) is 11.6 Å². The first kappa shape index (κ1) is 26.5. The molecular weight excluding hydrogens is 442 g/mol. The number of hydrogen-bond acceptors (Lipinski definition) is 5. The van der Waals surface area contributed by atoms with E-state index in [2.05, 4.69) is 4.98 Å². The van der Waals surface area contributed by atoms with Gasteiger partial charge in [0.25, 0.3) is 5.91 Å². The molecule has 7 nitrogen and oxygen atoms in total. The minimum atomic E-state index is -0.635. The monoisotopic (exact) mass is 475 g/mol. The number of benzene rings is 1. The molecular formula is C25H34ClN3O4. The van der Waals surface area contributed by atoms with Crippen LogP contribution >= 0.6 is 11.6 Å². The minimum Gasteiger partial charge on any atom is -0.492 e. The number of carbonyl (C=O) groups excluding carboxylic acids is 2. The van der Waals surface area contributed by atoms with Crippen molar-refractivity contribution in [3.05, 3.63) is 53.3 Å². The lowest BCUT2D eigenvalue weighted by Crippen LogP contribution is -2.42. The molecule has 2 rings (SSSR count). The van der Waals surface area contributed by atoms with Crippen LogP contribution in [0.1, 0.15) is 58.8 Å². The van der Waals surface area contributed by atoms with E-state index >= 15 is 0 Å². The quantitative estimate of drug-likeness (QED) is 0.481. The maximum atomic E-state index is 13.1. The predicted octanol–water partition coefficient (Wildman–Crippen LogP) is 5.81. The van der Waals surface area contributed by atoms with E-state index in [-0.39, 0.29) is 31.1 Å². The Morgan fingerprint density at radius 3 is 2.18 bits per heavy atom. The second-order valence-corrected chi connectivity index (χ2v) is 9.70. The largest absolute Gasteiger partial charge is 0.492 e. The van der Waals surface area contributed by atoms with Crippen molar-refractivity contribution < 1.29 is 19.1 Å². The zero-order valence-corrected chi connectivity index (χ0v) is 21.2. The number of pyridine rings is 1. The molecule has 2 amide bonds. The Morgan fingerprint density at radius 1 is 1.03 bits per heavy atom. The summed E-state index contributed by atoms with van der Waals surface area (Å²) >= 11 is 6.28. The maximum absolute atomic E-state index is 13.1. The van der Waals surface area contributed by atoms with Gasteiger partial charge in [-0.05, 0) is 78.8 Å².